The Morgan fingerprint density at radius 1 is 1.80 bits per heavy atom. The van der Waals surface area contributed by atoms with Crippen molar-refractivity contribution in [3.8, 4) is 0 Å². The van der Waals surface area contributed by atoms with E-state index >= 15 is 0 Å². The van der Waals surface area contributed by atoms with Gasteiger partial charge < -0.3 is 4.55 Å². The molecular formula is C4H8Cl2NO2S-. The standard InChI is InChI=1S/C4H9Cl2NO2S/c1-2-3-7(6)4(5)10(8)9/h4H,2-3H2,1H3,(H,8,9)/p-1. The molecule has 0 amide bonds. The first-order chi connectivity index (χ1) is 4.59. The first kappa shape index (κ1) is 10.7. The van der Waals surface area contributed by atoms with E-state index in [-0.39, 0.29) is 0 Å². The summed E-state index contributed by atoms with van der Waals surface area (Å²) in [6.07, 6.45) is 0.768. The minimum atomic E-state index is -2.33. The molecule has 0 aliphatic carbocycles. The van der Waals surface area contributed by atoms with Gasteiger partial charge in [-0.3, -0.25) is 4.21 Å². The van der Waals surface area contributed by atoms with Crippen molar-refractivity contribution in [3.63, 3.8) is 0 Å². The Hall–Kier alpha value is 0.650. The van der Waals surface area contributed by atoms with Crippen LogP contribution in [-0.2, 0) is 11.1 Å². The minimum absolute atomic E-state index is 0.462. The van der Waals surface area contributed by atoms with E-state index in [4.69, 9.17) is 23.4 Å². The maximum atomic E-state index is 10.2. The van der Waals surface area contributed by atoms with Crippen molar-refractivity contribution >= 4 is 34.5 Å². The molecule has 6 heteroatoms. The maximum Gasteiger partial charge on any atom is 0.161 e. The number of hydrogen-bond acceptors (Lipinski definition) is 3. The lowest BCUT2D eigenvalue weighted by Crippen LogP contribution is -2.26. The molecule has 62 valence electrons. The maximum absolute atomic E-state index is 10.2. The summed E-state index contributed by atoms with van der Waals surface area (Å²) in [5.41, 5.74) is 0. The van der Waals surface area contributed by atoms with Crippen LogP contribution in [0.4, 0.5) is 0 Å². The summed E-state index contributed by atoms with van der Waals surface area (Å²) in [5, 5.41) is 0. The van der Waals surface area contributed by atoms with Crippen molar-refractivity contribution in [3.05, 3.63) is 0 Å². The van der Waals surface area contributed by atoms with Crippen molar-refractivity contribution in [1.29, 1.82) is 0 Å². The molecule has 0 saturated heterocycles. The van der Waals surface area contributed by atoms with Gasteiger partial charge in [-0.05, 0) is 29.3 Å². The number of halogens is 2. The first-order valence-electron chi connectivity index (χ1n) is 2.74. The van der Waals surface area contributed by atoms with Crippen LogP contribution in [0.1, 0.15) is 13.3 Å². The van der Waals surface area contributed by atoms with Crippen molar-refractivity contribution in [2.45, 2.75) is 18.2 Å². The smallest absolute Gasteiger partial charge is 0.161 e. The zero-order valence-electron chi connectivity index (χ0n) is 5.42. The van der Waals surface area contributed by atoms with Crippen molar-refractivity contribution < 1.29 is 8.76 Å². The van der Waals surface area contributed by atoms with Crippen LogP contribution in [0.25, 0.3) is 0 Å². The number of nitrogens with zero attached hydrogens (tertiary/aromatic N) is 1. The second kappa shape index (κ2) is 5.32. The second-order valence-electron chi connectivity index (χ2n) is 1.68. The first-order valence-corrected chi connectivity index (χ1v) is 4.65. The highest BCUT2D eigenvalue weighted by Gasteiger charge is 2.11. The number of alkyl halides is 1. The summed E-state index contributed by atoms with van der Waals surface area (Å²) in [6.45, 7) is 2.34. The van der Waals surface area contributed by atoms with Gasteiger partial charge in [0.05, 0.1) is 0 Å². The van der Waals surface area contributed by atoms with Gasteiger partial charge in [0.1, 0.15) is 0 Å². The van der Waals surface area contributed by atoms with Gasteiger partial charge in [0.2, 0.25) is 0 Å². The van der Waals surface area contributed by atoms with Crippen molar-refractivity contribution in [1.82, 2.24) is 4.42 Å². The minimum Gasteiger partial charge on any atom is -0.770 e. The third-order valence-corrected chi connectivity index (χ3v) is 2.64. The second-order valence-corrected chi connectivity index (χ2v) is 3.75. The molecule has 0 aliphatic heterocycles. The van der Waals surface area contributed by atoms with Crippen LogP contribution >= 0.6 is 23.4 Å². The average molecular weight is 205 g/mol. The van der Waals surface area contributed by atoms with E-state index in [1.807, 2.05) is 6.92 Å². The van der Waals surface area contributed by atoms with Gasteiger partial charge in [0.15, 0.2) is 4.83 Å². The Balaban J connectivity index is 3.69. The monoisotopic (exact) mass is 204 g/mol. The Kier molecular flexibility index (Phi) is 5.67. The number of rotatable bonds is 4. The molecule has 0 bridgehead atoms. The summed E-state index contributed by atoms with van der Waals surface area (Å²) >= 11 is 8.43. The quantitative estimate of drug-likeness (QED) is 0.300. The molecule has 0 aromatic rings. The third kappa shape index (κ3) is 3.73. The van der Waals surface area contributed by atoms with E-state index in [2.05, 4.69) is 0 Å². The molecular weight excluding hydrogens is 197 g/mol. The normalized spacial score (nSPS) is 17.3. The molecule has 2 unspecified atom stereocenters. The Bertz CT molecular complexity index is 124. The molecule has 3 nitrogen and oxygen atoms in total. The fraction of sp³-hybridized carbons (Fsp3) is 1.00. The van der Waals surface area contributed by atoms with Crippen LogP contribution in [0.2, 0.25) is 0 Å². The third-order valence-electron chi connectivity index (χ3n) is 0.816. The van der Waals surface area contributed by atoms with Crippen LogP contribution in [0.15, 0.2) is 0 Å². The highest BCUT2D eigenvalue weighted by molar-refractivity contribution is 7.81. The lowest BCUT2D eigenvalue weighted by molar-refractivity contribution is 0.452. The molecule has 0 N–H and O–H groups in total. The van der Waals surface area contributed by atoms with Crippen LogP contribution in [0, 0.1) is 0 Å². The lowest BCUT2D eigenvalue weighted by atomic mass is 10.5. The summed E-state index contributed by atoms with van der Waals surface area (Å²) in [6, 6.07) is 0. The van der Waals surface area contributed by atoms with Gasteiger partial charge in [-0.2, -0.15) is 4.42 Å². The molecule has 0 radical (unpaired) electrons. The van der Waals surface area contributed by atoms with E-state index in [0.717, 1.165) is 10.8 Å². The molecule has 0 spiro atoms. The van der Waals surface area contributed by atoms with E-state index in [1.165, 1.54) is 0 Å². The van der Waals surface area contributed by atoms with Gasteiger partial charge in [-0.15, -0.1) is 0 Å². The Morgan fingerprint density at radius 3 is 2.60 bits per heavy atom. The van der Waals surface area contributed by atoms with Crippen LogP contribution < -0.4 is 0 Å². The zero-order valence-corrected chi connectivity index (χ0v) is 7.75. The van der Waals surface area contributed by atoms with Crippen LogP contribution in [0.3, 0.4) is 0 Å². The Morgan fingerprint density at radius 2 is 2.30 bits per heavy atom. The Labute approximate surface area is 72.7 Å². The molecule has 10 heavy (non-hydrogen) atoms. The van der Waals surface area contributed by atoms with E-state index in [1.54, 1.807) is 0 Å². The highest BCUT2D eigenvalue weighted by Crippen LogP contribution is 2.10. The summed E-state index contributed by atoms with van der Waals surface area (Å²) in [5.74, 6) is 0. The predicted octanol–water partition coefficient (Wildman–Crippen LogP) is 1.25. The van der Waals surface area contributed by atoms with Gasteiger partial charge >= 0.3 is 0 Å². The van der Waals surface area contributed by atoms with Crippen molar-refractivity contribution in [2.24, 2.45) is 0 Å². The lowest BCUT2D eigenvalue weighted by Gasteiger charge is -2.20. The molecule has 0 aliphatic rings. The van der Waals surface area contributed by atoms with E-state index < -0.39 is 15.9 Å². The van der Waals surface area contributed by atoms with Gasteiger partial charge in [0, 0.05) is 6.54 Å². The number of hydrogen-bond donors (Lipinski definition) is 0. The molecule has 0 fully saturated rings. The highest BCUT2D eigenvalue weighted by atomic mass is 35.5. The van der Waals surface area contributed by atoms with Crippen LogP contribution in [-0.4, -0.2) is 24.6 Å². The summed E-state index contributed by atoms with van der Waals surface area (Å²) in [4.78, 5) is -1.12. The van der Waals surface area contributed by atoms with Crippen molar-refractivity contribution in [2.75, 3.05) is 6.54 Å². The summed E-state index contributed by atoms with van der Waals surface area (Å²) in [7, 11) is 0. The van der Waals surface area contributed by atoms with Gasteiger partial charge in [-0.25, -0.2) is 0 Å². The molecule has 0 aromatic heterocycles. The molecule has 0 rings (SSSR count). The topological polar surface area (TPSA) is 43.4 Å². The molecule has 0 heterocycles. The van der Waals surface area contributed by atoms with Crippen LogP contribution in [0.5, 0.6) is 0 Å². The SMILES string of the molecule is CCCN(Cl)C(Cl)S(=O)[O-]. The predicted molar refractivity (Wildman–Crippen MR) is 41.4 cm³/mol. The zero-order chi connectivity index (χ0) is 8.15. The van der Waals surface area contributed by atoms with Gasteiger partial charge in [-0.1, -0.05) is 18.5 Å². The van der Waals surface area contributed by atoms with E-state index in [9.17, 15) is 8.76 Å². The summed E-state index contributed by atoms with van der Waals surface area (Å²) < 4.78 is 21.4. The average Bonchev–Trinajstić information content (AvgIpc) is 1.87. The molecule has 0 saturated carbocycles. The van der Waals surface area contributed by atoms with Gasteiger partial charge in [0.25, 0.3) is 0 Å². The fourth-order valence-corrected chi connectivity index (χ4v) is 1.16. The molecule has 2 atom stereocenters. The molecule has 0 aromatic carbocycles. The largest absolute Gasteiger partial charge is 0.770 e. The fourth-order valence-electron chi connectivity index (χ4n) is 0.409. The van der Waals surface area contributed by atoms with E-state index in [0.29, 0.717) is 6.54 Å².